The van der Waals surface area contributed by atoms with Crippen LogP contribution in [-0.2, 0) is 0 Å². The Balaban J connectivity index is 1.85. The average molecular weight is 336 g/mol. The van der Waals surface area contributed by atoms with E-state index in [0.29, 0.717) is 5.69 Å². The number of hydrogen-bond acceptors (Lipinski definition) is 3. The topological polar surface area (TPSA) is 66.9 Å². The molecule has 0 saturated heterocycles. The van der Waals surface area contributed by atoms with E-state index in [1.54, 1.807) is 6.20 Å². The second-order valence-corrected chi connectivity index (χ2v) is 5.56. The lowest BCUT2D eigenvalue weighted by atomic mass is 10.0. The van der Waals surface area contributed by atoms with Gasteiger partial charge in [0.2, 0.25) is 0 Å². The van der Waals surface area contributed by atoms with Gasteiger partial charge in [-0.25, -0.2) is 9.18 Å². The molecule has 0 bridgehead atoms. The Kier molecular flexibility index (Phi) is 4.99. The van der Waals surface area contributed by atoms with Crippen LogP contribution in [-0.4, -0.2) is 16.0 Å². The Bertz CT molecular complexity index is 870. The predicted octanol–water partition coefficient (Wildman–Crippen LogP) is 3.84. The van der Waals surface area contributed by atoms with E-state index >= 15 is 0 Å². The first kappa shape index (κ1) is 16.6. The third-order valence-electron chi connectivity index (χ3n) is 3.66. The molecule has 1 atom stereocenters. The monoisotopic (exact) mass is 336 g/mol. The van der Waals surface area contributed by atoms with Crippen molar-refractivity contribution < 1.29 is 9.18 Å². The van der Waals surface area contributed by atoms with Crippen LogP contribution in [0.4, 0.5) is 14.9 Å². The van der Waals surface area contributed by atoms with Crippen molar-refractivity contribution in [1.29, 1.82) is 0 Å². The molecule has 2 N–H and O–H groups in total. The van der Waals surface area contributed by atoms with Crippen molar-refractivity contribution >= 4 is 11.7 Å². The SMILES string of the molecule is Cc1cccc(C(NC(=O)Nc2ccncc2F)c2ccccn2)c1. The second-order valence-electron chi connectivity index (χ2n) is 5.56. The molecule has 1 aromatic carbocycles. The van der Waals surface area contributed by atoms with E-state index in [4.69, 9.17) is 0 Å². The lowest BCUT2D eigenvalue weighted by Gasteiger charge is -2.19. The highest BCUT2D eigenvalue weighted by Gasteiger charge is 2.18. The molecule has 6 heteroatoms. The average Bonchev–Trinajstić information content (AvgIpc) is 2.62. The Morgan fingerprint density at radius 1 is 1.12 bits per heavy atom. The van der Waals surface area contributed by atoms with E-state index < -0.39 is 17.9 Å². The first-order valence-electron chi connectivity index (χ1n) is 7.78. The van der Waals surface area contributed by atoms with Crippen molar-refractivity contribution in [3.05, 3.63) is 89.8 Å². The zero-order valence-corrected chi connectivity index (χ0v) is 13.6. The highest BCUT2D eigenvalue weighted by molar-refractivity contribution is 5.89. The molecular formula is C19H17FN4O. The Hall–Kier alpha value is -3.28. The summed E-state index contributed by atoms with van der Waals surface area (Å²) in [4.78, 5) is 20.4. The molecule has 3 aromatic rings. The summed E-state index contributed by atoms with van der Waals surface area (Å²) in [6.45, 7) is 1.98. The van der Waals surface area contributed by atoms with Gasteiger partial charge in [-0.3, -0.25) is 9.97 Å². The maximum atomic E-state index is 13.7. The number of aryl methyl sites for hydroxylation is 1. The van der Waals surface area contributed by atoms with E-state index in [0.717, 1.165) is 17.3 Å². The van der Waals surface area contributed by atoms with Crippen molar-refractivity contribution in [3.63, 3.8) is 0 Å². The minimum Gasteiger partial charge on any atom is -0.325 e. The molecule has 5 nitrogen and oxygen atoms in total. The quantitative estimate of drug-likeness (QED) is 0.761. The molecule has 0 saturated carbocycles. The Morgan fingerprint density at radius 2 is 2.00 bits per heavy atom. The van der Waals surface area contributed by atoms with Crippen LogP contribution in [0.1, 0.15) is 22.9 Å². The number of nitrogens with zero attached hydrogens (tertiary/aromatic N) is 2. The molecule has 3 rings (SSSR count). The van der Waals surface area contributed by atoms with Gasteiger partial charge in [0.05, 0.1) is 23.6 Å². The van der Waals surface area contributed by atoms with E-state index in [-0.39, 0.29) is 5.69 Å². The summed E-state index contributed by atoms with van der Waals surface area (Å²) in [5, 5.41) is 5.35. The van der Waals surface area contributed by atoms with Gasteiger partial charge in [0, 0.05) is 12.4 Å². The molecular weight excluding hydrogens is 319 g/mol. The number of benzene rings is 1. The number of nitrogens with one attached hydrogen (secondary N) is 2. The van der Waals surface area contributed by atoms with Gasteiger partial charge < -0.3 is 10.6 Å². The molecule has 25 heavy (non-hydrogen) atoms. The Labute approximate surface area is 145 Å². The third kappa shape index (κ3) is 4.17. The molecule has 0 aliphatic rings. The second kappa shape index (κ2) is 7.53. The highest BCUT2D eigenvalue weighted by atomic mass is 19.1. The van der Waals surface area contributed by atoms with Crippen molar-refractivity contribution in [1.82, 2.24) is 15.3 Å². The van der Waals surface area contributed by atoms with Crippen molar-refractivity contribution in [2.45, 2.75) is 13.0 Å². The molecule has 0 aliphatic carbocycles. The summed E-state index contributed by atoms with van der Waals surface area (Å²) in [6, 6.07) is 13.7. The van der Waals surface area contributed by atoms with Gasteiger partial charge in [-0.05, 0) is 30.7 Å². The van der Waals surface area contributed by atoms with Gasteiger partial charge in [0.1, 0.15) is 0 Å². The zero-order valence-electron chi connectivity index (χ0n) is 13.6. The number of halogens is 1. The van der Waals surface area contributed by atoms with Crippen molar-refractivity contribution in [2.24, 2.45) is 0 Å². The lowest BCUT2D eigenvalue weighted by Crippen LogP contribution is -2.34. The van der Waals surface area contributed by atoms with Crippen LogP contribution < -0.4 is 10.6 Å². The van der Waals surface area contributed by atoms with Gasteiger partial charge in [0.25, 0.3) is 0 Å². The number of pyridine rings is 2. The summed E-state index contributed by atoms with van der Waals surface area (Å²) in [6.07, 6.45) is 4.13. The van der Waals surface area contributed by atoms with Gasteiger partial charge in [-0.15, -0.1) is 0 Å². The highest BCUT2D eigenvalue weighted by Crippen LogP contribution is 2.21. The number of rotatable bonds is 4. The number of amides is 2. The molecule has 0 aliphatic heterocycles. The number of anilines is 1. The summed E-state index contributed by atoms with van der Waals surface area (Å²) in [5.41, 5.74) is 2.72. The smallest absolute Gasteiger partial charge is 0.320 e. The number of urea groups is 1. The van der Waals surface area contributed by atoms with Crippen LogP contribution in [0.5, 0.6) is 0 Å². The maximum Gasteiger partial charge on any atom is 0.320 e. The molecule has 2 amide bonds. The fourth-order valence-electron chi connectivity index (χ4n) is 2.49. The first-order valence-corrected chi connectivity index (χ1v) is 7.78. The summed E-state index contributed by atoms with van der Waals surface area (Å²) < 4.78 is 13.7. The molecule has 126 valence electrons. The van der Waals surface area contributed by atoms with Gasteiger partial charge in [-0.1, -0.05) is 35.9 Å². The number of carbonyl (C=O) groups is 1. The zero-order chi connectivity index (χ0) is 17.6. The van der Waals surface area contributed by atoms with Crippen LogP contribution in [0.25, 0.3) is 0 Å². The van der Waals surface area contributed by atoms with Crippen LogP contribution in [0.2, 0.25) is 0 Å². The van der Waals surface area contributed by atoms with E-state index in [9.17, 15) is 9.18 Å². The molecule has 0 radical (unpaired) electrons. The number of carbonyl (C=O) groups excluding carboxylic acids is 1. The van der Waals surface area contributed by atoms with Crippen LogP contribution >= 0.6 is 0 Å². The van der Waals surface area contributed by atoms with Crippen molar-refractivity contribution in [2.75, 3.05) is 5.32 Å². The third-order valence-corrected chi connectivity index (χ3v) is 3.66. The fourth-order valence-corrected chi connectivity index (χ4v) is 2.49. The van der Waals surface area contributed by atoms with Gasteiger partial charge in [-0.2, -0.15) is 0 Å². The summed E-state index contributed by atoms with van der Waals surface area (Å²) >= 11 is 0. The predicted molar refractivity (Wildman–Crippen MR) is 93.6 cm³/mol. The van der Waals surface area contributed by atoms with Crippen molar-refractivity contribution in [3.8, 4) is 0 Å². The minimum absolute atomic E-state index is 0.0662. The number of hydrogen-bond donors (Lipinski definition) is 2. The normalized spacial score (nSPS) is 11.6. The maximum absolute atomic E-state index is 13.7. The van der Waals surface area contributed by atoms with Crippen LogP contribution in [0.3, 0.4) is 0 Å². The van der Waals surface area contributed by atoms with Crippen LogP contribution in [0, 0.1) is 12.7 Å². The lowest BCUT2D eigenvalue weighted by molar-refractivity contribution is 0.249. The van der Waals surface area contributed by atoms with Gasteiger partial charge in [0.15, 0.2) is 5.82 Å². The molecule has 1 unspecified atom stereocenters. The molecule has 0 spiro atoms. The standard InChI is InChI=1S/C19H17FN4O/c1-13-5-4-6-14(11-13)18(17-7-2-3-9-22-17)24-19(25)23-16-8-10-21-12-15(16)20/h2-12,18H,1H3,(H2,21,23,24,25). The van der Waals surface area contributed by atoms with E-state index in [2.05, 4.69) is 20.6 Å². The van der Waals surface area contributed by atoms with Gasteiger partial charge >= 0.3 is 6.03 Å². The largest absolute Gasteiger partial charge is 0.325 e. The van der Waals surface area contributed by atoms with E-state index in [1.165, 1.54) is 12.3 Å². The first-order chi connectivity index (χ1) is 12.1. The molecule has 2 aromatic heterocycles. The summed E-state index contributed by atoms with van der Waals surface area (Å²) in [5.74, 6) is -0.595. The van der Waals surface area contributed by atoms with E-state index in [1.807, 2.05) is 49.4 Å². The number of aromatic nitrogens is 2. The minimum atomic E-state index is -0.595. The molecule has 0 fully saturated rings. The Morgan fingerprint density at radius 3 is 2.72 bits per heavy atom. The van der Waals surface area contributed by atoms with Crippen LogP contribution in [0.15, 0.2) is 67.1 Å². The summed E-state index contributed by atoms with van der Waals surface area (Å²) in [7, 11) is 0. The fraction of sp³-hybridized carbons (Fsp3) is 0.105. The molecule has 2 heterocycles.